The number of rotatable bonds is 4. The Balaban J connectivity index is 4.40. The maximum atomic E-state index is 10.9. The predicted octanol–water partition coefficient (Wildman–Crippen LogP) is -0.957. The Bertz CT molecular complexity index is 203. The SMILES string of the molecule is C=CC(=O)N(C)C(CN)C(=O)O. The molecule has 0 rings (SSSR count). The Morgan fingerprint density at radius 1 is 1.75 bits per heavy atom. The molecule has 0 aromatic rings. The average molecular weight is 172 g/mol. The summed E-state index contributed by atoms with van der Waals surface area (Å²) in [6.07, 6.45) is 1.05. The first-order valence-electron chi connectivity index (χ1n) is 3.36. The van der Waals surface area contributed by atoms with Crippen LogP contribution < -0.4 is 5.73 Å². The van der Waals surface area contributed by atoms with Crippen LogP contribution in [0.5, 0.6) is 0 Å². The molecule has 1 unspecified atom stereocenters. The van der Waals surface area contributed by atoms with E-state index >= 15 is 0 Å². The number of amides is 1. The van der Waals surface area contributed by atoms with Gasteiger partial charge in [-0.15, -0.1) is 0 Å². The maximum absolute atomic E-state index is 10.9. The molecule has 5 nitrogen and oxygen atoms in total. The monoisotopic (exact) mass is 172 g/mol. The van der Waals surface area contributed by atoms with Gasteiger partial charge in [0.05, 0.1) is 0 Å². The summed E-state index contributed by atoms with van der Waals surface area (Å²) >= 11 is 0. The molecule has 5 heteroatoms. The van der Waals surface area contributed by atoms with E-state index in [-0.39, 0.29) is 6.54 Å². The van der Waals surface area contributed by atoms with Gasteiger partial charge in [-0.05, 0) is 6.08 Å². The van der Waals surface area contributed by atoms with E-state index in [1.807, 2.05) is 0 Å². The van der Waals surface area contributed by atoms with Crippen LogP contribution in [0.25, 0.3) is 0 Å². The molecule has 0 saturated carbocycles. The fourth-order valence-electron chi connectivity index (χ4n) is 0.722. The molecule has 0 aliphatic carbocycles. The number of carbonyl (C=O) groups excluding carboxylic acids is 1. The summed E-state index contributed by atoms with van der Waals surface area (Å²) in [7, 11) is 1.37. The topological polar surface area (TPSA) is 83.6 Å². The van der Waals surface area contributed by atoms with Gasteiger partial charge in [0.2, 0.25) is 5.91 Å². The van der Waals surface area contributed by atoms with Crippen molar-refractivity contribution >= 4 is 11.9 Å². The molecule has 1 atom stereocenters. The van der Waals surface area contributed by atoms with Crippen LogP contribution in [0.1, 0.15) is 0 Å². The van der Waals surface area contributed by atoms with Crippen LogP contribution in [0.15, 0.2) is 12.7 Å². The Morgan fingerprint density at radius 3 is 2.50 bits per heavy atom. The first kappa shape index (κ1) is 10.6. The smallest absolute Gasteiger partial charge is 0.327 e. The van der Waals surface area contributed by atoms with E-state index in [0.29, 0.717) is 0 Å². The zero-order chi connectivity index (χ0) is 9.72. The van der Waals surface area contributed by atoms with Crippen molar-refractivity contribution in [2.45, 2.75) is 6.04 Å². The summed E-state index contributed by atoms with van der Waals surface area (Å²) in [6, 6.07) is -0.976. The van der Waals surface area contributed by atoms with Crippen molar-refractivity contribution in [3.63, 3.8) is 0 Å². The second-order valence-electron chi connectivity index (χ2n) is 2.24. The van der Waals surface area contributed by atoms with Crippen LogP contribution in [-0.2, 0) is 9.59 Å². The number of nitrogens with zero attached hydrogens (tertiary/aromatic N) is 1. The Labute approximate surface area is 70.5 Å². The third kappa shape index (κ3) is 2.35. The number of hydrogen-bond acceptors (Lipinski definition) is 3. The fourth-order valence-corrected chi connectivity index (χ4v) is 0.722. The van der Waals surface area contributed by atoms with Gasteiger partial charge < -0.3 is 15.7 Å². The van der Waals surface area contributed by atoms with Crippen molar-refractivity contribution in [2.24, 2.45) is 5.73 Å². The molecule has 0 aliphatic heterocycles. The largest absolute Gasteiger partial charge is 0.480 e. The van der Waals surface area contributed by atoms with E-state index in [9.17, 15) is 9.59 Å². The minimum Gasteiger partial charge on any atom is -0.480 e. The van der Waals surface area contributed by atoms with Crippen LogP contribution in [-0.4, -0.2) is 41.5 Å². The molecule has 0 fully saturated rings. The molecule has 68 valence electrons. The van der Waals surface area contributed by atoms with Crippen LogP contribution in [0.4, 0.5) is 0 Å². The zero-order valence-corrected chi connectivity index (χ0v) is 6.86. The van der Waals surface area contributed by atoms with E-state index in [4.69, 9.17) is 10.8 Å². The standard InChI is InChI=1S/C7H12N2O3/c1-3-6(10)9(2)5(4-8)7(11)12/h3,5H,1,4,8H2,2H3,(H,11,12). The first-order chi connectivity index (χ1) is 5.54. The lowest BCUT2D eigenvalue weighted by Gasteiger charge is -2.21. The van der Waals surface area contributed by atoms with Gasteiger partial charge in [0, 0.05) is 13.6 Å². The van der Waals surface area contributed by atoms with Crippen molar-refractivity contribution in [1.29, 1.82) is 0 Å². The lowest BCUT2D eigenvalue weighted by molar-refractivity contribution is -0.146. The van der Waals surface area contributed by atoms with Gasteiger partial charge in [-0.25, -0.2) is 4.79 Å². The summed E-state index contributed by atoms with van der Waals surface area (Å²) in [4.78, 5) is 22.4. The number of hydrogen-bond donors (Lipinski definition) is 2. The normalized spacial score (nSPS) is 11.8. The van der Waals surface area contributed by atoms with Crippen LogP contribution in [0.2, 0.25) is 0 Å². The van der Waals surface area contributed by atoms with E-state index in [0.717, 1.165) is 11.0 Å². The predicted molar refractivity (Wildman–Crippen MR) is 43.4 cm³/mol. The lowest BCUT2D eigenvalue weighted by atomic mass is 10.2. The average Bonchev–Trinajstić information content (AvgIpc) is 2.03. The molecule has 0 aliphatic rings. The van der Waals surface area contributed by atoms with Crippen molar-refractivity contribution in [3.8, 4) is 0 Å². The molecule has 12 heavy (non-hydrogen) atoms. The molecule has 1 amide bonds. The molecule has 0 saturated heterocycles. The van der Waals surface area contributed by atoms with Gasteiger partial charge in [-0.2, -0.15) is 0 Å². The van der Waals surface area contributed by atoms with Gasteiger partial charge in [0.15, 0.2) is 0 Å². The number of carboxylic acids is 1. The second kappa shape index (κ2) is 4.50. The fraction of sp³-hybridized carbons (Fsp3) is 0.429. The van der Waals surface area contributed by atoms with Gasteiger partial charge in [-0.1, -0.05) is 6.58 Å². The van der Waals surface area contributed by atoms with E-state index in [1.165, 1.54) is 7.05 Å². The van der Waals surface area contributed by atoms with Crippen molar-refractivity contribution in [2.75, 3.05) is 13.6 Å². The minimum absolute atomic E-state index is 0.106. The third-order valence-electron chi connectivity index (χ3n) is 1.50. The van der Waals surface area contributed by atoms with Crippen molar-refractivity contribution in [3.05, 3.63) is 12.7 Å². The lowest BCUT2D eigenvalue weighted by Crippen LogP contribution is -2.46. The second-order valence-corrected chi connectivity index (χ2v) is 2.24. The highest BCUT2D eigenvalue weighted by atomic mass is 16.4. The third-order valence-corrected chi connectivity index (χ3v) is 1.50. The highest BCUT2D eigenvalue weighted by molar-refractivity contribution is 5.90. The Kier molecular flexibility index (Phi) is 3.99. The van der Waals surface area contributed by atoms with Crippen LogP contribution in [0.3, 0.4) is 0 Å². The molecule has 0 radical (unpaired) electrons. The number of nitrogens with two attached hydrogens (primary N) is 1. The van der Waals surface area contributed by atoms with Gasteiger partial charge in [0.25, 0.3) is 0 Å². The molecular weight excluding hydrogens is 160 g/mol. The molecule has 0 aromatic carbocycles. The van der Waals surface area contributed by atoms with Crippen molar-refractivity contribution < 1.29 is 14.7 Å². The van der Waals surface area contributed by atoms with E-state index < -0.39 is 17.9 Å². The van der Waals surface area contributed by atoms with Gasteiger partial charge >= 0.3 is 5.97 Å². The maximum Gasteiger partial charge on any atom is 0.327 e. The summed E-state index contributed by atoms with van der Waals surface area (Å²) in [5.74, 6) is -1.57. The zero-order valence-electron chi connectivity index (χ0n) is 6.86. The summed E-state index contributed by atoms with van der Waals surface area (Å²) in [5.41, 5.74) is 5.16. The van der Waals surface area contributed by atoms with Crippen molar-refractivity contribution in [1.82, 2.24) is 4.90 Å². The summed E-state index contributed by atoms with van der Waals surface area (Å²) < 4.78 is 0. The molecular formula is C7H12N2O3. The molecule has 0 heterocycles. The summed E-state index contributed by atoms with van der Waals surface area (Å²) in [5, 5.41) is 8.58. The number of likely N-dealkylation sites (N-methyl/N-ethyl adjacent to an activating group) is 1. The highest BCUT2D eigenvalue weighted by Crippen LogP contribution is 1.95. The van der Waals surface area contributed by atoms with E-state index in [1.54, 1.807) is 0 Å². The first-order valence-corrected chi connectivity index (χ1v) is 3.36. The molecule has 0 spiro atoms. The number of carbonyl (C=O) groups is 2. The number of carboxylic acid groups (broad SMARTS) is 1. The minimum atomic E-state index is -1.12. The van der Waals surface area contributed by atoms with Gasteiger partial charge in [0.1, 0.15) is 6.04 Å². The molecule has 3 N–H and O–H groups in total. The quantitative estimate of drug-likeness (QED) is 0.535. The van der Waals surface area contributed by atoms with Crippen LogP contribution >= 0.6 is 0 Å². The number of aliphatic carboxylic acids is 1. The molecule has 0 aromatic heterocycles. The molecule has 0 bridgehead atoms. The highest BCUT2D eigenvalue weighted by Gasteiger charge is 2.22. The Morgan fingerprint density at radius 2 is 2.25 bits per heavy atom. The van der Waals surface area contributed by atoms with Crippen LogP contribution in [0, 0.1) is 0 Å². The van der Waals surface area contributed by atoms with Gasteiger partial charge in [-0.3, -0.25) is 4.79 Å². The summed E-state index contributed by atoms with van der Waals surface area (Å²) in [6.45, 7) is 3.13. The van der Waals surface area contributed by atoms with E-state index in [2.05, 4.69) is 6.58 Å². The Hall–Kier alpha value is -1.36.